The fraction of sp³-hybridized carbons (Fsp3) is 0.417. The van der Waals surface area contributed by atoms with Gasteiger partial charge in [-0.25, -0.2) is 4.79 Å². The van der Waals surface area contributed by atoms with E-state index in [0.29, 0.717) is 5.57 Å². The molecule has 0 heterocycles. The van der Waals surface area contributed by atoms with Crippen molar-refractivity contribution >= 4 is 5.97 Å². The van der Waals surface area contributed by atoms with Crippen LogP contribution >= 0.6 is 0 Å². The first-order chi connectivity index (χ1) is 6.59. The van der Waals surface area contributed by atoms with Crippen LogP contribution in [-0.2, 0) is 4.79 Å². The molecule has 0 aromatic rings. The van der Waals surface area contributed by atoms with Crippen LogP contribution in [0.1, 0.15) is 33.1 Å². The molecule has 0 aliphatic carbocycles. The van der Waals surface area contributed by atoms with E-state index in [0.717, 1.165) is 19.3 Å². The molecular weight excluding hydrogens is 176 g/mol. The van der Waals surface area contributed by atoms with Gasteiger partial charge in [0.05, 0.1) is 0 Å². The third kappa shape index (κ3) is 13.3. The van der Waals surface area contributed by atoms with Crippen molar-refractivity contribution < 1.29 is 9.90 Å². The first-order valence-electron chi connectivity index (χ1n) is 4.73. The SMILES string of the molecule is C=CC=C.CCCC/C=C(\C)C(=O)O. The van der Waals surface area contributed by atoms with E-state index in [1.54, 1.807) is 25.2 Å². The van der Waals surface area contributed by atoms with E-state index in [1.165, 1.54) is 0 Å². The van der Waals surface area contributed by atoms with E-state index in [9.17, 15) is 4.79 Å². The highest BCUT2D eigenvalue weighted by molar-refractivity contribution is 5.85. The second-order valence-electron chi connectivity index (χ2n) is 2.81. The molecule has 0 saturated carbocycles. The van der Waals surface area contributed by atoms with Crippen LogP contribution in [-0.4, -0.2) is 11.1 Å². The topological polar surface area (TPSA) is 37.3 Å². The molecule has 0 saturated heterocycles. The molecule has 0 aromatic heterocycles. The summed E-state index contributed by atoms with van der Waals surface area (Å²) in [4.78, 5) is 10.2. The highest BCUT2D eigenvalue weighted by atomic mass is 16.4. The van der Waals surface area contributed by atoms with E-state index in [1.807, 2.05) is 0 Å². The van der Waals surface area contributed by atoms with Crippen LogP contribution in [0.2, 0.25) is 0 Å². The fourth-order valence-corrected chi connectivity index (χ4v) is 0.610. The quantitative estimate of drug-likeness (QED) is 0.414. The molecule has 0 radical (unpaired) electrons. The number of rotatable bonds is 5. The first-order valence-corrected chi connectivity index (χ1v) is 4.73. The van der Waals surface area contributed by atoms with Crippen LogP contribution < -0.4 is 0 Å². The Kier molecular flexibility index (Phi) is 12.7. The first kappa shape index (κ1) is 15.2. The zero-order valence-corrected chi connectivity index (χ0v) is 9.12. The van der Waals surface area contributed by atoms with E-state index in [-0.39, 0.29) is 0 Å². The van der Waals surface area contributed by atoms with Crippen LogP contribution in [0.5, 0.6) is 0 Å². The molecule has 1 N–H and O–H groups in total. The smallest absolute Gasteiger partial charge is 0.330 e. The van der Waals surface area contributed by atoms with Gasteiger partial charge in [-0.05, 0) is 13.3 Å². The van der Waals surface area contributed by atoms with Gasteiger partial charge in [-0.1, -0.05) is 51.2 Å². The second kappa shape index (κ2) is 11.7. The summed E-state index contributed by atoms with van der Waals surface area (Å²) in [6.07, 6.45) is 8.12. The second-order valence-corrected chi connectivity index (χ2v) is 2.81. The van der Waals surface area contributed by atoms with Crippen LogP contribution in [0.4, 0.5) is 0 Å². The zero-order chi connectivity index (χ0) is 11.4. The normalized spacial score (nSPS) is 9.71. The molecule has 0 spiro atoms. The Morgan fingerprint density at radius 3 is 2.14 bits per heavy atom. The van der Waals surface area contributed by atoms with E-state index >= 15 is 0 Å². The minimum absolute atomic E-state index is 0.452. The predicted octanol–water partition coefficient (Wildman–Crippen LogP) is 3.57. The van der Waals surface area contributed by atoms with Crippen LogP contribution in [0.3, 0.4) is 0 Å². The molecule has 2 nitrogen and oxygen atoms in total. The summed E-state index contributed by atoms with van der Waals surface area (Å²) in [6.45, 7) is 10.4. The van der Waals surface area contributed by atoms with Crippen molar-refractivity contribution in [3.63, 3.8) is 0 Å². The highest BCUT2D eigenvalue weighted by Crippen LogP contribution is 2.00. The average molecular weight is 196 g/mol. The average Bonchev–Trinajstić information content (AvgIpc) is 2.18. The number of hydrogen-bond donors (Lipinski definition) is 1. The number of hydrogen-bond acceptors (Lipinski definition) is 1. The number of carboxylic acid groups (broad SMARTS) is 1. The molecule has 2 heteroatoms. The van der Waals surface area contributed by atoms with Crippen molar-refractivity contribution in [1.29, 1.82) is 0 Å². The number of aliphatic carboxylic acids is 1. The molecule has 0 aliphatic rings. The lowest BCUT2D eigenvalue weighted by Gasteiger charge is -1.91. The molecule has 0 aliphatic heterocycles. The summed E-state index contributed by atoms with van der Waals surface area (Å²) in [5, 5.41) is 8.41. The summed E-state index contributed by atoms with van der Waals surface area (Å²) >= 11 is 0. The zero-order valence-electron chi connectivity index (χ0n) is 9.12. The molecule has 14 heavy (non-hydrogen) atoms. The lowest BCUT2D eigenvalue weighted by Crippen LogP contribution is -1.95. The van der Waals surface area contributed by atoms with Crippen molar-refractivity contribution in [1.82, 2.24) is 0 Å². The van der Waals surface area contributed by atoms with Gasteiger partial charge in [0, 0.05) is 5.57 Å². The lowest BCUT2D eigenvalue weighted by molar-refractivity contribution is -0.132. The number of carboxylic acids is 1. The molecule has 0 fully saturated rings. The van der Waals surface area contributed by atoms with Gasteiger partial charge in [0.2, 0.25) is 0 Å². The van der Waals surface area contributed by atoms with Gasteiger partial charge >= 0.3 is 5.97 Å². The summed E-state index contributed by atoms with van der Waals surface area (Å²) in [6, 6.07) is 0. The minimum atomic E-state index is -0.809. The van der Waals surface area contributed by atoms with Gasteiger partial charge in [0.15, 0.2) is 0 Å². The maximum Gasteiger partial charge on any atom is 0.330 e. The molecule has 0 amide bonds. The number of unbranched alkanes of at least 4 members (excludes halogenated alkanes) is 2. The van der Waals surface area contributed by atoms with Gasteiger partial charge in [-0.15, -0.1) is 0 Å². The van der Waals surface area contributed by atoms with Crippen LogP contribution in [0.25, 0.3) is 0 Å². The van der Waals surface area contributed by atoms with E-state index in [2.05, 4.69) is 20.1 Å². The Morgan fingerprint density at radius 2 is 1.86 bits per heavy atom. The van der Waals surface area contributed by atoms with Gasteiger partial charge in [0.1, 0.15) is 0 Å². The van der Waals surface area contributed by atoms with E-state index < -0.39 is 5.97 Å². The third-order valence-corrected chi connectivity index (χ3v) is 1.51. The molecule has 80 valence electrons. The van der Waals surface area contributed by atoms with Crippen molar-refractivity contribution in [3.8, 4) is 0 Å². The van der Waals surface area contributed by atoms with Gasteiger partial charge < -0.3 is 5.11 Å². The molecular formula is C12H20O2. The Balaban J connectivity index is 0. The van der Waals surface area contributed by atoms with Crippen LogP contribution in [0.15, 0.2) is 37.0 Å². The Hall–Kier alpha value is -1.31. The van der Waals surface area contributed by atoms with Gasteiger partial charge in [-0.3, -0.25) is 0 Å². The maximum absolute atomic E-state index is 10.2. The van der Waals surface area contributed by atoms with Gasteiger partial charge in [0.25, 0.3) is 0 Å². The molecule has 0 unspecified atom stereocenters. The van der Waals surface area contributed by atoms with Gasteiger partial charge in [-0.2, -0.15) is 0 Å². The number of carbonyl (C=O) groups is 1. The largest absolute Gasteiger partial charge is 0.478 e. The maximum atomic E-state index is 10.2. The third-order valence-electron chi connectivity index (χ3n) is 1.51. The van der Waals surface area contributed by atoms with Crippen molar-refractivity contribution in [3.05, 3.63) is 37.0 Å². The Morgan fingerprint density at radius 1 is 1.36 bits per heavy atom. The number of allylic oxidation sites excluding steroid dienone is 3. The minimum Gasteiger partial charge on any atom is -0.478 e. The summed E-state index contributed by atoms with van der Waals surface area (Å²) in [5.41, 5.74) is 0.452. The van der Waals surface area contributed by atoms with Crippen molar-refractivity contribution in [2.75, 3.05) is 0 Å². The molecule has 0 aromatic carbocycles. The van der Waals surface area contributed by atoms with Crippen molar-refractivity contribution in [2.45, 2.75) is 33.1 Å². The molecule has 0 bridgehead atoms. The van der Waals surface area contributed by atoms with E-state index in [4.69, 9.17) is 5.11 Å². The summed E-state index contributed by atoms with van der Waals surface area (Å²) < 4.78 is 0. The molecule has 0 rings (SSSR count). The highest BCUT2D eigenvalue weighted by Gasteiger charge is 1.96. The lowest BCUT2D eigenvalue weighted by atomic mass is 10.2. The monoisotopic (exact) mass is 196 g/mol. The Labute approximate surface area is 86.6 Å². The summed E-state index contributed by atoms with van der Waals surface area (Å²) in [7, 11) is 0. The standard InChI is InChI=1S/C8H14O2.C4H6/c1-3-4-5-6-7(2)8(9)10;1-3-4-2/h6H,3-5H2,1-2H3,(H,9,10);3-4H,1-2H2/b7-6+;. The summed E-state index contributed by atoms with van der Waals surface area (Å²) in [5.74, 6) is -0.809. The fourth-order valence-electron chi connectivity index (χ4n) is 0.610. The molecule has 0 atom stereocenters. The van der Waals surface area contributed by atoms with Crippen molar-refractivity contribution in [2.24, 2.45) is 0 Å². The van der Waals surface area contributed by atoms with Crippen LogP contribution in [0, 0.1) is 0 Å². The Bertz CT molecular complexity index is 196. The predicted molar refractivity (Wildman–Crippen MR) is 61.3 cm³/mol.